The van der Waals surface area contributed by atoms with Crippen LogP contribution in [0.25, 0.3) is 11.3 Å². The number of benzene rings is 3. The lowest BCUT2D eigenvalue weighted by molar-refractivity contribution is 0.0947. The van der Waals surface area contributed by atoms with Gasteiger partial charge in [0.2, 0.25) is 18.5 Å². The molecule has 1 aromatic heterocycles. The maximum atomic E-state index is 13.3. The summed E-state index contributed by atoms with van der Waals surface area (Å²) in [5.41, 5.74) is 2.19. The van der Waals surface area contributed by atoms with Crippen LogP contribution in [0.1, 0.15) is 15.9 Å². The van der Waals surface area contributed by atoms with Gasteiger partial charge in [0.15, 0.2) is 23.0 Å². The number of fused-ring (bicyclic) bond motifs is 1. The van der Waals surface area contributed by atoms with Crippen LogP contribution in [0.2, 0.25) is 0 Å². The van der Waals surface area contributed by atoms with Crippen LogP contribution in [0.3, 0.4) is 0 Å². The SMILES string of the molecule is COc1cc(-c2nc(NCc3ccc4c(c3)OCO4)ncc2C(=O)NCCOc2ccccc2)cc(OC)c1OC. The molecular weight excluding hydrogens is 528 g/mol. The first kappa shape index (κ1) is 27.4. The molecule has 0 saturated carbocycles. The second kappa shape index (κ2) is 12.8. The molecule has 0 unspecified atom stereocenters. The van der Waals surface area contributed by atoms with E-state index in [4.69, 9.17) is 33.4 Å². The van der Waals surface area contributed by atoms with Crippen molar-refractivity contribution in [1.29, 1.82) is 0 Å². The van der Waals surface area contributed by atoms with E-state index in [0.29, 0.717) is 59.1 Å². The summed E-state index contributed by atoms with van der Waals surface area (Å²) in [5, 5.41) is 6.10. The predicted octanol–water partition coefficient (Wildman–Crippen LogP) is 4.32. The maximum Gasteiger partial charge on any atom is 0.255 e. The number of amides is 1. The molecule has 41 heavy (non-hydrogen) atoms. The van der Waals surface area contributed by atoms with Crippen molar-refractivity contribution in [1.82, 2.24) is 15.3 Å². The Hall–Kier alpha value is -5.19. The summed E-state index contributed by atoms with van der Waals surface area (Å²) in [4.78, 5) is 22.4. The lowest BCUT2D eigenvalue weighted by Gasteiger charge is -2.16. The summed E-state index contributed by atoms with van der Waals surface area (Å²) in [6.07, 6.45) is 1.49. The number of para-hydroxylation sites is 1. The van der Waals surface area contributed by atoms with Gasteiger partial charge in [0.05, 0.1) is 39.1 Å². The number of aromatic nitrogens is 2. The largest absolute Gasteiger partial charge is 0.493 e. The highest BCUT2D eigenvalue weighted by Gasteiger charge is 2.21. The van der Waals surface area contributed by atoms with Gasteiger partial charge < -0.3 is 39.1 Å². The molecule has 3 aromatic carbocycles. The zero-order valence-electron chi connectivity index (χ0n) is 22.9. The summed E-state index contributed by atoms with van der Waals surface area (Å²) in [6.45, 7) is 1.21. The molecule has 0 spiro atoms. The van der Waals surface area contributed by atoms with E-state index in [9.17, 15) is 4.79 Å². The number of nitrogens with zero attached hydrogens (tertiary/aromatic N) is 2. The first-order valence-corrected chi connectivity index (χ1v) is 12.9. The lowest BCUT2D eigenvalue weighted by atomic mass is 10.0. The molecule has 1 aliphatic rings. The molecule has 5 rings (SSSR count). The smallest absolute Gasteiger partial charge is 0.255 e. The quantitative estimate of drug-likeness (QED) is 0.243. The molecule has 11 heteroatoms. The molecule has 0 fully saturated rings. The molecule has 0 saturated heterocycles. The molecule has 1 aliphatic heterocycles. The molecule has 2 N–H and O–H groups in total. The molecule has 212 valence electrons. The molecule has 0 bridgehead atoms. The van der Waals surface area contributed by atoms with Crippen LogP contribution >= 0.6 is 0 Å². The normalized spacial score (nSPS) is 11.5. The Bertz CT molecular complexity index is 1490. The van der Waals surface area contributed by atoms with Crippen molar-refractivity contribution in [3.63, 3.8) is 0 Å². The number of hydrogen-bond acceptors (Lipinski definition) is 10. The minimum absolute atomic E-state index is 0.204. The summed E-state index contributed by atoms with van der Waals surface area (Å²) < 4.78 is 33.1. The van der Waals surface area contributed by atoms with Gasteiger partial charge in [-0.3, -0.25) is 4.79 Å². The Labute approximate surface area is 237 Å². The lowest BCUT2D eigenvalue weighted by Crippen LogP contribution is -2.29. The number of ether oxygens (including phenoxy) is 6. The van der Waals surface area contributed by atoms with Crippen LogP contribution in [0, 0.1) is 0 Å². The third kappa shape index (κ3) is 6.35. The first-order valence-electron chi connectivity index (χ1n) is 12.9. The van der Waals surface area contributed by atoms with Crippen LogP contribution in [-0.4, -0.2) is 57.1 Å². The zero-order chi connectivity index (χ0) is 28.6. The zero-order valence-corrected chi connectivity index (χ0v) is 22.9. The van der Waals surface area contributed by atoms with Crippen LogP contribution in [0.4, 0.5) is 5.95 Å². The molecular formula is C30H30N4O7. The Morgan fingerprint density at radius 1 is 0.927 bits per heavy atom. The molecule has 0 aliphatic carbocycles. The van der Waals surface area contributed by atoms with Gasteiger partial charge in [0.1, 0.15) is 12.4 Å². The van der Waals surface area contributed by atoms with Gasteiger partial charge in [-0.1, -0.05) is 24.3 Å². The highest BCUT2D eigenvalue weighted by Crippen LogP contribution is 2.41. The minimum atomic E-state index is -0.354. The van der Waals surface area contributed by atoms with E-state index in [1.165, 1.54) is 27.5 Å². The summed E-state index contributed by atoms with van der Waals surface area (Å²) in [7, 11) is 4.58. The van der Waals surface area contributed by atoms with Crippen molar-refractivity contribution in [2.75, 3.05) is 46.6 Å². The van der Waals surface area contributed by atoms with Gasteiger partial charge in [0.25, 0.3) is 5.91 Å². The number of carbonyl (C=O) groups is 1. The van der Waals surface area contributed by atoms with Gasteiger partial charge >= 0.3 is 0 Å². The maximum absolute atomic E-state index is 13.3. The predicted molar refractivity (Wildman–Crippen MR) is 151 cm³/mol. The number of nitrogens with one attached hydrogen (secondary N) is 2. The Morgan fingerprint density at radius 3 is 2.41 bits per heavy atom. The molecule has 2 heterocycles. The monoisotopic (exact) mass is 558 g/mol. The second-order valence-corrected chi connectivity index (χ2v) is 8.83. The molecule has 4 aromatic rings. The fourth-order valence-corrected chi connectivity index (χ4v) is 4.25. The minimum Gasteiger partial charge on any atom is -0.493 e. The Morgan fingerprint density at radius 2 is 1.68 bits per heavy atom. The van der Waals surface area contributed by atoms with Crippen molar-refractivity contribution in [3.05, 3.63) is 78.0 Å². The number of rotatable bonds is 12. The number of hydrogen-bond donors (Lipinski definition) is 2. The van der Waals surface area contributed by atoms with Crippen LogP contribution in [0.5, 0.6) is 34.5 Å². The van der Waals surface area contributed by atoms with Crippen LogP contribution < -0.4 is 39.1 Å². The van der Waals surface area contributed by atoms with Crippen molar-refractivity contribution in [3.8, 4) is 45.8 Å². The highest BCUT2D eigenvalue weighted by molar-refractivity contribution is 6.00. The summed E-state index contributed by atoms with van der Waals surface area (Å²) >= 11 is 0. The Kier molecular flexibility index (Phi) is 8.53. The van der Waals surface area contributed by atoms with Gasteiger partial charge in [0, 0.05) is 18.3 Å². The van der Waals surface area contributed by atoms with E-state index in [-0.39, 0.29) is 24.8 Å². The molecule has 1 amide bonds. The van der Waals surface area contributed by atoms with Crippen molar-refractivity contribution < 1.29 is 33.2 Å². The summed E-state index contributed by atoms with van der Waals surface area (Å²) in [5.74, 6) is 3.38. The number of carbonyl (C=O) groups excluding carboxylic acids is 1. The highest BCUT2D eigenvalue weighted by atomic mass is 16.7. The average Bonchev–Trinajstić information content (AvgIpc) is 3.49. The molecule has 11 nitrogen and oxygen atoms in total. The topological polar surface area (TPSA) is 122 Å². The van der Waals surface area contributed by atoms with E-state index in [0.717, 1.165) is 11.3 Å². The number of anilines is 1. The fourth-order valence-electron chi connectivity index (χ4n) is 4.25. The van der Waals surface area contributed by atoms with Gasteiger partial charge in [-0.2, -0.15) is 0 Å². The number of methoxy groups -OCH3 is 3. The third-order valence-corrected chi connectivity index (χ3v) is 6.26. The van der Waals surface area contributed by atoms with E-state index < -0.39 is 0 Å². The Balaban J connectivity index is 1.40. The van der Waals surface area contributed by atoms with E-state index >= 15 is 0 Å². The van der Waals surface area contributed by atoms with Crippen molar-refractivity contribution >= 4 is 11.9 Å². The average molecular weight is 559 g/mol. The van der Waals surface area contributed by atoms with Gasteiger partial charge in [-0.25, -0.2) is 9.97 Å². The van der Waals surface area contributed by atoms with Crippen molar-refractivity contribution in [2.24, 2.45) is 0 Å². The first-order chi connectivity index (χ1) is 20.1. The third-order valence-electron chi connectivity index (χ3n) is 6.26. The van der Waals surface area contributed by atoms with E-state index in [1.54, 1.807) is 12.1 Å². The van der Waals surface area contributed by atoms with Crippen molar-refractivity contribution in [2.45, 2.75) is 6.54 Å². The fraction of sp³-hybridized carbons (Fsp3) is 0.233. The second-order valence-electron chi connectivity index (χ2n) is 8.83. The van der Waals surface area contributed by atoms with Gasteiger partial charge in [-0.05, 0) is 42.0 Å². The van der Waals surface area contributed by atoms with Crippen LogP contribution in [0.15, 0.2) is 66.9 Å². The summed E-state index contributed by atoms with van der Waals surface area (Å²) in [6, 6.07) is 18.6. The van der Waals surface area contributed by atoms with E-state index in [1.807, 2.05) is 48.5 Å². The molecule has 0 atom stereocenters. The van der Waals surface area contributed by atoms with Crippen LogP contribution in [-0.2, 0) is 6.54 Å². The van der Waals surface area contributed by atoms with E-state index in [2.05, 4.69) is 15.6 Å². The molecule has 0 radical (unpaired) electrons. The standard InChI is InChI=1S/C30H30N4O7/c1-36-25-14-20(15-26(37-2)28(25)38-3)27-22(29(35)31-11-12-39-21-7-5-4-6-8-21)17-33-30(34-27)32-16-19-9-10-23-24(13-19)41-18-40-23/h4-10,13-15,17H,11-12,16,18H2,1-3H3,(H,31,35)(H,32,33,34). The van der Waals surface area contributed by atoms with Gasteiger partial charge in [-0.15, -0.1) is 0 Å².